The molecule has 4 nitrogen and oxygen atoms in total. The summed E-state index contributed by atoms with van der Waals surface area (Å²) in [7, 11) is 0. The van der Waals surface area contributed by atoms with Gasteiger partial charge in [0.05, 0.1) is 0 Å². The van der Waals surface area contributed by atoms with E-state index < -0.39 is 0 Å². The standard InChI is InChI=1S/C9H15N3O/c1-6-11-9(13-12-6)7-2-4-8(10)5-3-7/h7-8H,2-5,10H2,1H3. The quantitative estimate of drug-likeness (QED) is 0.710. The molecule has 0 aliphatic heterocycles. The Balaban J connectivity index is 2.02. The van der Waals surface area contributed by atoms with Crippen LogP contribution in [0.5, 0.6) is 0 Å². The highest BCUT2D eigenvalue weighted by molar-refractivity contribution is 4.95. The summed E-state index contributed by atoms with van der Waals surface area (Å²) in [5.41, 5.74) is 5.81. The Morgan fingerprint density at radius 1 is 1.31 bits per heavy atom. The number of aromatic nitrogens is 2. The van der Waals surface area contributed by atoms with Gasteiger partial charge in [0.1, 0.15) is 0 Å². The highest BCUT2D eigenvalue weighted by Crippen LogP contribution is 2.30. The maximum absolute atomic E-state index is 5.81. The fourth-order valence-electron chi connectivity index (χ4n) is 1.85. The van der Waals surface area contributed by atoms with Crippen molar-refractivity contribution >= 4 is 0 Å². The zero-order chi connectivity index (χ0) is 9.26. The molecule has 72 valence electrons. The first-order chi connectivity index (χ1) is 6.25. The molecule has 13 heavy (non-hydrogen) atoms. The maximum Gasteiger partial charge on any atom is 0.229 e. The molecule has 1 fully saturated rings. The number of nitrogens with zero attached hydrogens (tertiary/aromatic N) is 2. The molecule has 0 bridgehead atoms. The summed E-state index contributed by atoms with van der Waals surface area (Å²) in [5, 5.41) is 3.79. The Labute approximate surface area is 77.5 Å². The normalized spacial score (nSPS) is 29.1. The lowest BCUT2D eigenvalue weighted by Crippen LogP contribution is -2.25. The van der Waals surface area contributed by atoms with Crippen molar-refractivity contribution in [2.45, 2.75) is 44.6 Å². The maximum atomic E-state index is 5.81. The molecule has 1 heterocycles. The highest BCUT2D eigenvalue weighted by Gasteiger charge is 2.23. The predicted octanol–water partition coefficient (Wildman–Crippen LogP) is 1.36. The minimum Gasteiger partial charge on any atom is -0.339 e. The molecule has 1 saturated carbocycles. The van der Waals surface area contributed by atoms with E-state index in [4.69, 9.17) is 10.3 Å². The first-order valence-electron chi connectivity index (χ1n) is 4.81. The summed E-state index contributed by atoms with van der Waals surface area (Å²) in [6.07, 6.45) is 4.32. The van der Waals surface area contributed by atoms with Crippen molar-refractivity contribution in [1.29, 1.82) is 0 Å². The molecular weight excluding hydrogens is 166 g/mol. The Morgan fingerprint density at radius 3 is 2.54 bits per heavy atom. The van der Waals surface area contributed by atoms with Crippen LogP contribution in [0.25, 0.3) is 0 Å². The molecule has 0 unspecified atom stereocenters. The van der Waals surface area contributed by atoms with Crippen LogP contribution in [-0.4, -0.2) is 16.2 Å². The molecule has 0 aromatic carbocycles. The second-order valence-corrected chi connectivity index (χ2v) is 3.79. The van der Waals surface area contributed by atoms with Crippen LogP contribution in [0.1, 0.15) is 43.3 Å². The van der Waals surface area contributed by atoms with Crippen molar-refractivity contribution in [3.8, 4) is 0 Å². The zero-order valence-corrected chi connectivity index (χ0v) is 7.86. The van der Waals surface area contributed by atoms with Crippen molar-refractivity contribution in [2.24, 2.45) is 5.73 Å². The highest BCUT2D eigenvalue weighted by atomic mass is 16.5. The van der Waals surface area contributed by atoms with E-state index in [0.717, 1.165) is 37.4 Å². The first kappa shape index (κ1) is 8.69. The van der Waals surface area contributed by atoms with Crippen LogP contribution < -0.4 is 5.73 Å². The minimum atomic E-state index is 0.375. The molecule has 0 spiro atoms. The molecule has 0 radical (unpaired) electrons. The van der Waals surface area contributed by atoms with Crippen molar-refractivity contribution in [2.75, 3.05) is 0 Å². The monoisotopic (exact) mass is 181 g/mol. The van der Waals surface area contributed by atoms with Gasteiger partial charge in [-0.2, -0.15) is 4.98 Å². The average Bonchev–Trinajstić information content (AvgIpc) is 2.53. The lowest BCUT2D eigenvalue weighted by molar-refractivity contribution is 0.300. The van der Waals surface area contributed by atoms with Gasteiger partial charge < -0.3 is 10.3 Å². The number of hydrogen-bond donors (Lipinski definition) is 1. The van der Waals surface area contributed by atoms with E-state index in [1.54, 1.807) is 0 Å². The van der Waals surface area contributed by atoms with Gasteiger partial charge in [-0.25, -0.2) is 0 Å². The van der Waals surface area contributed by atoms with Gasteiger partial charge in [-0.3, -0.25) is 0 Å². The Morgan fingerprint density at radius 2 is 2.00 bits per heavy atom. The van der Waals surface area contributed by atoms with Crippen LogP contribution >= 0.6 is 0 Å². The van der Waals surface area contributed by atoms with E-state index >= 15 is 0 Å². The summed E-state index contributed by atoms with van der Waals surface area (Å²) in [6.45, 7) is 1.85. The van der Waals surface area contributed by atoms with Crippen molar-refractivity contribution < 1.29 is 4.52 Å². The summed E-state index contributed by atoms with van der Waals surface area (Å²) in [5.74, 6) is 1.97. The lowest BCUT2D eigenvalue weighted by atomic mass is 9.86. The SMILES string of the molecule is Cc1noc(C2CCC(N)CC2)n1. The van der Waals surface area contributed by atoms with Crippen LogP contribution in [0.15, 0.2) is 4.52 Å². The van der Waals surface area contributed by atoms with E-state index in [1.807, 2.05) is 6.92 Å². The third-order valence-electron chi connectivity index (χ3n) is 2.66. The minimum absolute atomic E-state index is 0.375. The zero-order valence-electron chi connectivity index (χ0n) is 7.86. The summed E-state index contributed by atoms with van der Waals surface area (Å²) in [4.78, 5) is 4.24. The van der Waals surface area contributed by atoms with E-state index in [1.165, 1.54) is 0 Å². The molecule has 2 N–H and O–H groups in total. The average molecular weight is 181 g/mol. The lowest BCUT2D eigenvalue weighted by Gasteiger charge is -2.22. The molecule has 1 aliphatic carbocycles. The van der Waals surface area contributed by atoms with Crippen LogP contribution in [0.4, 0.5) is 0 Å². The van der Waals surface area contributed by atoms with Gasteiger partial charge in [-0.05, 0) is 32.6 Å². The van der Waals surface area contributed by atoms with Gasteiger partial charge in [-0.1, -0.05) is 5.16 Å². The Kier molecular flexibility index (Phi) is 2.31. The van der Waals surface area contributed by atoms with Crippen LogP contribution in [0, 0.1) is 6.92 Å². The molecule has 1 aliphatic rings. The third kappa shape index (κ3) is 1.88. The molecule has 0 atom stereocenters. The number of nitrogens with two attached hydrogens (primary N) is 1. The smallest absolute Gasteiger partial charge is 0.229 e. The summed E-state index contributed by atoms with van der Waals surface area (Å²) >= 11 is 0. The Hall–Kier alpha value is -0.900. The molecule has 2 rings (SSSR count). The molecule has 4 heteroatoms. The van der Waals surface area contributed by atoms with E-state index in [2.05, 4.69) is 10.1 Å². The number of rotatable bonds is 1. The van der Waals surface area contributed by atoms with Crippen molar-refractivity contribution in [1.82, 2.24) is 10.1 Å². The fourth-order valence-corrected chi connectivity index (χ4v) is 1.85. The fraction of sp³-hybridized carbons (Fsp3) is 0.778. The molecule has 0 saturated heterocycles. The van der Waals surface area contributed by atoms with E-state index in [9.17, 15) is 0 Å². The molecular formula is C9H15N3O. The largest absolute Gasteiger partial charge is 0.339 e. The predicted molar refractivity (Wildman–Crippen MR) is 48.2 cm³/mol. The summed E-state index contributed by atoms with van der Waals surface area (Å²) < 4.78 is 5.14. The third-order valence-corrected chi connectivity index (χ3v) is 2.66. The van der Waals surface area contributed by atoms with Crippen LogP contribution in [0.3, 0.4) is 0 Å². The van der Waals surface area contributed by atoms with Gasteiger partial charge in [-0.15, -0.1) is 0 Å². The van der Waals surface area contributed by atoms with Crippen LogP contribution in [-0.2, 0) is 0 Å². The second-order valence-electron chi connectivity index (χ2n) is 3.79. The topological polar surface area (TPSA) is 64.9 Å². The number of aryl methyl sites for hydroxylation is 1. The van der Waals surface area contributed by atoms with Crippen molar-refractivity contribution in [3.63, 3.8) is 0 Å². The van der Waals surface area contributed by atoms with Crippen molar-refractivity contribution in [3.05, 3.63) is 11.7 Å². The molecule has 1 aromatic rings. The van der Waals surface area contributed by atoms with Gasteiger partial charge in [0.2, 0.25) is 5.89 Å². The van der Waals surface area contributed by atoms with E-state index in [0.29, 0.717) is 12.0 Å². The van der Waals surface area contributed by atoms with Gasteiger partial charge in [0, 0.05) is 12.0 Å². The summed E-state index contributed by atoms with van der Waals surface area (Å²) in [6, 6.07) is 0.375. The van der Waals surface area contributed by atoms with Crippen LogP contribution in [0.2, 0.25) is 0 Å². The van der Waals surface area contributed by atoms with Gasteiger partial charge >= 0.3 is 0 Å². The first-order valence-corrected chi connectivity index (χ1v) is 4.81. The molecule has 0 amide bonds. The van der Waals surface area contributed by atoms with Gasteiger partial charge in [0.15, 0.2) is 5.82 Å². The second kappa shape index (κ2) is 3.46. The number of hydrogen-bond acceptors (Lipinski definition) is 4. The molecule has 1 aromatic heterocycles. The van der Waals surface area contributed by atoms with Gasteiger partial charge in [0.25, 0.3) is 0 Å². The van der Waals surface area contributed by atoms with E-state index in [-0.39, 0.29) is 0 Å². The Bertz CT molecular complexity index is 276.